The molecule has 2 aromatic heterocycles. The second kappa shape index (κ2) is 8.60. The summed E-state index contributed by atoms with van der Waals surface area (Å²) in [7, 11) is 0. The molecule has 0 saturated carbocycles. The Labute approximate surface area is 174 Å². The third-order valence-electron chi connectivity index (χ3n) is 5.32. The van der Waals surface area contributed by atoms with Gasteiger partial charge in [0.1, 0.15) is 5.82 Å². The maximum atomic E-state index is 6.23. The van der Waals surface area contributed by atoms with Gasteiger partial charge in [0.05, 0.1) is 17.9 Å². The largest absolute Gasteiger partial charge is 0.383 e. The van der Waals surface area contributed by atoms with Crippen molar-refractivity contribution in [1.29, 1.82) is 0 Å². The molecule has 0 aliphatic carbocycles. The molecule has 2 N–H and O–H groups in total. The van der Waals surface area contributed by atoms with E-state index >= 15 is 0 Å². The topological polar surface area (TPSA) is 67.9 Å². The lowest BCUT2D eigenvalue weighted by molar-refractivity contribution is 0.794. The molecule has 0 fully saturated rings. The van der Waals surface area contributed by atoms with Crippen LogP contribution in [0.1, 0.15) is 67.6 Å². The molecule has 0 aliphatic heterocycles. The van der Waals surface area contributed by atoms with Crippen molar-refractivity contribution in [3.8, 4) is 0 Å². The lowest BCUT2D eigenvalue weighted by atomic mass is 9.92. The lowest BCUT2D eigenvalue weighted by Gasteiger charge is -2.30. The standard InChI is InChI=1S/C24H31N5/c1-15(2)20-11-9-12-21(16(3)4)22(20)29(14-19-10-7-8-13-26-19)24-27-18(6)17(5)23(25)28-24/h7-13,15-16H,14H2,1-6H3,(H2,25,27,28). The molecule has 0 unspecified atom stereocenters. The fourth-order valence-corrected chi connectivity index (χ4v) is 3.48. The van der Waals surface area contributed by atoms with Crippen LogP contribution in [0, 0.1) is 13.8 Å². The minimum Gasteiger partial charge on any atom is -0.383 e. The van der Waals surface area contributed by atoms with Gasteiger partial charge in [-0.25, -0.2) is 4.98 Å². The van der Waals surface area contributed by atoms with Crippen LogP contribution >= 0.6 is 0 Å². The van der Waals surface area contributed by atoms with Crippen molar-refractivity contribution in [1.82, 2.24) is 15.0 Å². The molecule has 2 heterocycles. The predicted octanol–water partition coefficient (Wildman–Crippen LogP) is 5.66. The summed E-state index contributed by atoms with van der Waals surface area (Å²) in [6.45, 7) is 13.4. The first-order valence-corrected chi connectivity index (χ1v) is 10.2. The Bertz CT molecular complexity index is 931. The van der Waals surface area contributed by atoms with Crippen LogP contribution in [-0.4, -0.2) is 15.0 Å². The fourth-order valence-electron chi connectivity index (χ4n) is 3.48. The van der Waals surface area contributed by atoms with Crippen LogP contribution in [0.15, 0.2) is 42.6 Å². The van der Waals surface area contributed by atoms with Gasteiger partial charge < -0.3 is 10.6 Å². The zero-order valence-corrected chi connectivity index (χ0v) is 18.3. The highest BCUT2D eigenvalue weighted by molar-refractivity contribution is 5.69. The summed E-state index contributed by atoms with van der Waals surface area (Å²) >= 11 is 0. The number of nitrogens with two attached hydrogens (primary N) is 1. The SMILES string of the molecule is Cc1nc(N(Cc2ccccn2)c2c(C(C)C)cccc2C(C)C)nc(N)c1C. The van der Waals surface area contributed by atoms with E-state index in [-0.39, 0.29) is 0 Å². The first-order chi connectivity index (χ1) is 13.8. The van der Waals surface area contributed by atoms with Crippen molar-refractivity contribution in [3.63, 3.8) is 0 Å². The van der Waals surface area contributed by atoms with Gasteiger partial charge in [0.2, 0.25) is 5.95 Å². The quantitative estimate of drug-likeness (QED) is 0.589. The smallest absolute Gasteiger partial charge is 0.232 e. The van der Waals surface area contributed by atoms with Crippen molar-refractivity contribution in [2.24, 2.45) is 0 Å². The third kappa shape index (κ3) is 4.39. The van der Waals surface area contributed by atoms with Crippen LogP contribution in [0.3, 0.4) is 0 Å². The van der Waals surface area contributed by atoms with Gasteiger partial charge in [0, 0.05) is 17.5 Å². The first kappa shape index (κ1) is 20.8. The van der Waals surface area contributed by atoms with Crippen LogP contribution in [0.5, 0.6) is 0 Å². The molecule has 0 spiro atoms. The Hall–Kier alpha value is -2.95. The average Bonchev–Trinajstić information content (AvgIpc) is 2.70. The number of anilines is 3. The molecular weight excluding hydrogens is 358 g/mol. The van der Waals surface area contributed by atoms with Crippen LogP contribution in [0.2, 0.25) is 0 Å². The fraction of sp³-hybridized carbons (Fsp3) is 0.375. The molecule has 0 amide bonds. The second-order valence-corrected chi connectivity index (χ2v) is 8.12. The van der Waals surface area contributed by atoms with E-state index in [1.54, 1.807) is 0 Å². The molecule has 5 nitrogen and oxygen atoms in total. The minimum absolute atomic E-state index is 0.360. The summed E-state index contributed by atoms with van der Waals surface area (Å²) in [5, 5.41) is 0. The summed E-state index contributed by atoms with van der Waals surface area (Å²) in [5.41, 5.74) is 12.7. The van der Waals surface area contributed by atoms with Crippen LogP contribution in [0.4, 0.5) is 17.5 Å². The van der Waals surface area contributed by atoms with Crippen molar-refractivity contribution < 1.29 is 0 Å². The zero-order chi connectivity index (χ0) is 21.1. The number of aryl methyl sites for hydroxylation is 1. The number of rotatable bonds is 6. The molecule has 1 aromatic carbocycles. The van der Waals surface area contributed by atoms with Crippen LogP contribution in [0.25, 0.3) is 0 Å². The molecule has 0 saturated heterocycles. The van der Waals surface area contributed by atoms with Gasteiger partial charge in [-0.2, -0.15) is 4.98 Å². The summed E-state index contributed by atoms with van der Waals surface area (Å²) in [4.78, 5) is 16.2. The third-order valence-corrected chi connectivity index (χ3v) is 5.32. The highest BCUT2D eigenvalue weighted by Crippen LogP contribution is 2.39. The van der Waals surface area contributed by atoms with E-state index in [9.17, 15) is 0 Å². The van der Waals surface area contributed by atoms with E-state index in [0.29, 0.717) is 30.1 Å². The molecule has 3 rings (SSSR count). The normalized spacial score (nSPS) is 11.3. The summed E-state index contributed by atoms with van der Waals surface area (Å²) in [6, 6.07) is 12.5. The summed E-state index contributed by atoms with van der Waals surface area (Å²) < 4.78 is 0. The van der Waals surface area contributed by atoms with Gasteiger partial charge in [-0.05, 0) is 48.9 Å². The maximum Gasteiger partial charge on any atom is 0.232 e. The van der Waals surface area contributed by atoms with Crippen molar-refractivity contribution in [2.45, 2.75) is 59.9 Å². The number of benzene rings is 1. The number of hydrogen-bond acceptors (Lipinski definition) is 5. The zero-order valence-electron chi connectivity index (χ0n) is 18.3. The van der Waals surface area contributed by atoms with Crippen molar-refractivity contribution >= 4 is 17.5 Å². The molecule has 29 heavy (non-hydrogen) atoms. The molecule has 0 aliphatic rings. The number of pyridine rings is 1. The highest BCUT2D eigenvalue weighted by Gasteiger charge is 2.24. The molecule has 5 heteroatoms. The van der Waals surface area contributed by atoms with Crippen LogP contribution < -0.4 is 10.6 Å². The van der Waals surface area contributed by atoms with Gasteiger partial charge in [0.25, 0.3) is 0 Å². The Balaban J connectivity index is 2.27. The first-order valence-electron chi connectivity index (χ1n) is 10.2. The summed E-state index contributed by atoms with van der Waals surface area (Å²) in [6.07, 6.45) is 1.82. The van der Waals surface area contributed by atoms with Gasteiger partial charge >= 0.3 is 0 Å². The molecular formula is C24H31N5. The average molecular weight is 390 g/mol. The lowest BCUT2D eigenvalue weighted by Crippen LogP contribution is -2.24. The van der Waals surface area contributed by atoms with E-state index in [1.165, 1.54) is 11.1 Å². The predicted molar refractivity (Wildman–Crippen MR) is 121 cm³/mol. The van der Waals surface area contributed by atoms with E-state index in [1.807, 2.05) is 38.2 Å². The Morgan fingerprint density at radius 3 is 2.07 bits per heavy atom. The van der Waals surface area contributed by atoms with Gasteiger partial charge in [-0.1, -0.05) is 52.0 Å². The number of nitrogens with zero attached hydrogens (tertiary/aromatic N) is 4. The molecule has 0 radical (unpaired) electrons. The van der Waals surface area contributed by atoms with E-state index in [2.05, 4.69) is 60.8 Å². The van der Waals surface area contributed by atoms with E-state index in [4.69, 9.17) is 10.7 Å². The van der Waals surface area contributed by atoms with Gasteiger partial charge in [0.15, 0.2) is 0 Å². The Morgan fingerprint density at radius 2 is 1.55 bits per heavy atom. The van der Waals surface area contributed by atoms with Crippen molar-refractivity contribution in [2.75, 3.05) is 10.6 Å². The van der Waals surface area contributed by atoms with Gasteiger partial charge in [-0.3, -0.25) is 4.98 Å². The van der Waals surface area contributed by atoms with Crippen LogP contribution in [-0.2, 0) is 6.54 Å². The van der Waals surface area contributed by atoms with E-state index in [0.717, 1.165) is 22.6 Å². The van der Waals surface area contributed by atoms with Crippen molar-refractivity contribution in [3.05, 3.63) is 70.7 Å². The Kier molecular flexibility index (Phi) is 6.16. The highest BCUT2D eigenvalue weighted by atomic mass is 15.3. The van der Waals surface area contributed by atoms with E-state index < -0.39 is 0 Å². The number of aromatic nitrogens is 3. The maximum absolute atomic E-state index is 6.23. The molecule has 3 aromatic rings. The number of para-hydroxylation sites is 1. The number of nitrogen functional groups attached to an aromatic ring is 1. The summed E-state index contributed by atoms with van der Waals surface area (Å²) in [5.74, 6) is 1.86. The minimum atomic E-state index is 0.360. The monoisotopic (exact) mass is 389 g/mol. The molecule has 0 atom stereocenters. The molecule has 0 bridgehead atoms. The molecule has 152 valence electrons. The second-order valence-electron chi connectivity index (χ2n) is 8.12. The van der Waals surface area contributed by atoms with Gasteiger partial charge in [-0.15, -0.1) is 0 Å². The number of hydrogen-bond donors (Lipinski definition) is 1. The Morgan fingerprint density at radius 1 is 0.897 bits per heavy atom.